The number of nitrogens with two attached hydrogens (primary N) is 1. The second kappa shape index (κ2) is 6.74. The summed E-state index contributed by atoms with van der Waals surface area (Å²) in [7, 11) is 1.61. The molecule has 4 N–H and O–H groups in total. The highest BCUT2D eigenvalue weighted by atomic mass is 16.5. The van der Waals surface area contributed by atoms with E-state index in [1.807, 2.05) is 6.07 Å². The van der Waals surface area contributed by atoms with Crippen LogP contribution in [0.5, 0.6) is 0 Å². The number of nitrogens with zero attached hydrogens (tertiary/aromatic N) is 1. The molecule has 17 heavy (non-hydrogen) atoms. The Morgan fingerprint density at radius 2 is 2.35 bits per heavy atom. The SMILES string of the molecule is COCC(CCO)Nc1ccc(C#N)cc1N. The number of rotatable bonds is 6. The molecule has 1 rings (SSSR count). The third-order valence-electron chi connectivity index (χ3n) is 2.39. The molecule has 5 nitrogen and oxygen atoms in total. The number of nitrogens with one attached hydrogen (secondary N) is 1. The standard InChI is InChI=1S/C12H17N3O2/c1-17-8-10(4-5-16)15-12-3-2-9(7-13)6-11(12)14/h2-3,6,10,15-16H,4-5,8,14H2,1H3. The Labute approximate surface area is 101 Å². The van der Waals surface area contributed by atoms with Crippen LogP contribution in [0.2, 0.25) is 0 Å². The molecule has 0 saturated carbocycles. The lowest BCUT2D eigenvalue weighted by atomic mass is 10.1. The Kier molecular flexibility index (Phi) is 5.27. The van der Waals surface area contributed by atoms with Crippen molar-refractivity contribution in [2.45, 2.75) is 12.5 Å². The molecule has 0 saturated heterocycles. The second-order valence-electron chi connectivity index (χ2n) is 3.72. The van der Waals surface area contributed by atoms with E-state index in [-0.39, 0.29) is 12.6 Å². The van der Waals surface area contributed by atoms with E-state index in [0.717, 1.165) is 5.69 Å². The molecular weight excluding hydrogens is 218 g/mol. The number of hydrogen-bond donors (Lipinski definition) is 3. The molecular formula is C12H17N3O2. The quantitative estimate of drug-likeness (QED) is 0.638. The zero-order valence-corrected chi connectivity index (χ0v) is 9.81. The van der Waals surface area contributed by atoms with Crippen LogP contribution in [0.25, 0.3) is 0 Å². The van der Waals surface area contributed by atoms with Gasteiger partial charge in [-0.25, -0.2) is 0 Å². The lowest BCUT2D eigenvalue weighted by Crippen LogP contribution is -2.26. The van der Waals surface area contributed by atoms with Crippen molar-refractivity contribution in [3.05, 3.63) is 23.8 Å². The summed E-state index contributed by atoms with van der Waals surface area (Å²) in [5.74, 6) is 0. The first-order valence-electron chi connectivity index (χ1n) is 5.37. The van der Waals surface area contributed by atoms with Gasteiger partial charge in [0.1, 0.15) is 0 Å². The van der Waals surface area contributed by atoms with E-state index in [9.17, 15) is 0 Å². The molecule has 0 fully saturated rings. The fraction of sp³-hybridized carbons (Fsp3) is 0.417. The van der Waals surface area contributed by atoms with Gasteiger partial charge in [-0.1, -0.05) is 0 Å². The van der Waals surface area contributed by atoms with Gasteiger partial charge >= 0.3 is 0 Å². The predicted octanol–water partition coefficient (Wildman–Crippen LogP) is 0.950. The maximum atomic E-state index is 8.92. The minimum atomic E-state index is 0.000218. The number of aliphatic hydroxyl groups excluding tert-OH is 1. The van der Waals surface area contributed by atoms with E-state index in [2.05, 4.69) is 5.32 Å². The highest BCUT2D eigenvalue weighted by Gasteiger charge is 2.09. The van der Waals surface area contributed by atoms with Crippen molar-refractivity contribution in [1.82, 2.24) is 0 Å². The van der Waals surface area contributed by atoms with Crippen LogP contribution in [0, 0.1) is 11.3 Å². The number of aliphatic hydroxyl groups is 1. The summed E-state index contributed by atoms with van der Waals surface area (Å²) in [4.78, 5) is 0. The molecule has 1 aromatic rings. The monoisotopic (exact) mass is 235 g/mol. The van der Waals surface area contributed by atoms with Crippen LogP contribution in [0.3, 0.4) is 0 Å². The molecule has 0 bridgehead atoms. The fourth-order valence-electron chi connectivity index (χ4n) is 1.54. The van der Waals surface area contributed by atoms with Gasteiger partial charge in [0, 0.05) is 13.7 Å². The Hall–Kier alpha value is -1.77. The van der Waals surface area contributed by atoms with E-state index >= 15 is 0 Å². The molecule has 0 spiro atoms. The van der Waals surface area contributed by atoms with Crippen LogP contribution in [-0.2, 0) is 4.74 Å². The second-order valence-corrected chi connectivity index (χ2v) is 3.72. The van der Waals surface area contributed by atoms with Gasteiger partial charge in [-0.2, -0.15) is 5.26 Å². The van der Waals surface area contributed by atoms with E-state index < -0.39 is 0 Å². The van der Waals surface area contributed by atoms with Gasteiger partial charge in [-0.05, 0) is 24.6 Å². The maximum Gasteiger partial charge on any atom is 0.0992 e. The smallest absolute Gasteiger partial charge is 0.0992 e. The first-order chi connectivity index (χ1) is 8.21. The van der Waals surface area contributed by atoms with E-state index in [0.29, 0.717) is 24.3 Å². The highest BCUT2D eigenvalue weighted by molar-refractivity contribution is 5.68. The number of benzene rings is 1. The Bertz CT molecular complexity index is 395. The molecule has 0 aliphatic carbocycles. The molecule has 0 aromatic heterocycles. The van der Waals surface area contributed by atoms with Gasteiger partial charge in [0.2, 0.25) is 0 Å². The largest absolute Gasteiger partial charge is 0.397 e. The molecule has 1 atom stereocenters. The van der Waals surface area contributed by atoms with Gasteiger partial charge in [0.25, 0.3) is 0 Å². The van der Waals surface area contributed by atoms with Crippen molar-refractivity contribution >= 4 is 11.4 Å². The summed E-state index contributed by atoms with van der Waals surface area (Å²) >= 11 is 0. The molecule has 1 aromatic carbocycles. The summed E-state index contributed by atoms with van der Waals surface area (Å²) in [6, 6.07) is 7.10. The van der Waals surface area contributed by atoms with Crippen molar-refractivity contribution in [3.63, 3.8) is 0 Å². The summed E-state index contributed by atoms with van der Waals surface area (Å²) in [6.45, 7) is 0.567. The van der Waals surface area contributed by atoms with Crippen molar-refractivity contribution in [3.8, 4) is 6.07 Å². The first kappa shape index (κ1) is 13.3. The van der Waals surface area contributed by atoms with Crippen molar-refractivity contribution in [1.29, 1.82) is 5.26 Å². The molecule has 0 aliphatic heterocycles. The highest BCUT2D eigenvalue weighted by Crippen LogP contribution is 2.20. The average molecular weight is 235 g/mol. The molecule has 0 aliphatic rings. The van der Waals surface area contributed by atoms with Gasteiger partial charge in [0.05, 0.1) is 35.7 Å². The number of methoxy groups -OCH3 is 1. The van der Waals surface area contributed by atoms with Crippen molar-refractivity contribution in [2.75, 3.05) is 31.4 Å². The van der Waals surface area contributed by atoms with Crippen LogP contribution in [-0.4, -0.2) is 31.5 Å². The van der Waals surface area contributed by atoms with Crippen LogP contribution < -0.4 is 11.1 Å². The van der Waals surface area contributed by atoms with Gasteiger partial charge in [0.15, 0.2) is 0 Å². The molecule has 1 unspecified atom stereocenters. The summed E-state index contributed by atoms with van der Waals surface area (Å²) in [5.41, 5.74) is 7.61. The van der Waals surface area contributed by atoms with Crippen molar-refractivity contribution < 1.29 is 9.84 Å². The minimum Gasteiger partial charge on any atom is -0.397 e. The van der Waals surface area contributed by atoms with Crippen LogP contribution in [0.4, 0.5) is 11.4 Å². The number of anilines is 2. The lowest BCUT2D eigenvalue weighted by Gasteiger charge is -2.19. The molecule has 5 heteroatoms. The topological polar surface area (TPSA) is 91.3 Å². The van der Waals surface area contributed by atoms with Crippen LogP contribution in [0.1, 0.15) is 12.0 Å². The number of ether oxygens (including phenoxy) is 1. The van der Waals surface area contributed by atoms with Gasteiger partial charge in [-0.15, -0.1) is 0 Å². The third-order valence-corrected chi connectivity index (χ3v) is 2.39. The zero-order valence-electron chi connectivity index (χ0n) is 9.81. The summed E-state index contributed by atoms with van der Waals surface area (Å²) in [6.07, 6.45) is 0.577. The third kappa shape index (κ3) is 3.94. The average Bonchev–Trinajstić information content (AvgIpc) is 2.32. The molecule has 0 amide bonds. The fourth-order valence-corrected chi connectivity index (χ4v) is 1.54. The number of nitriles is 1. The molecule has 92 valence electrons. The number of nitrogen functional groups attached to an aromatic ring is 1. The van der Waals surface area contributed by atoms with Gasteiger partial charge in [-0.3, -0.25) is 0 Å². The van der Waals surface area contributed by atoms with E-state index in [1.54, 1.807) is 25.3 Å². The van der Waals surface area contributed by atoms with Gasteiger partial charge < -0.3 is 20.9 Å². The Morgan fingerprint density at radius 1 is 1.59 bits per heavy atom. The maximum absolute atomic E-state index is 8.92. The molecule has 0 radical (unpaired) electrons. The zero-order chi connectivity index (χ0) is 12.7. The minimum absolute atomic E-state index is 0.000218. The van der Waals surface area contributed by atoms with E-state index in [4.69, 9.17) is 20.8 Å². The summed E-state index contributed by atoms with van der Waals surface area (Å²) < 4.78 is 5.05. The van der Waals surface area contributed by atoms with Crippen LogP contribution >= 0.6 is 0 Å². The Balaban J connectivity index is 2.75. The first-order valence-corrected chi connectivity index (χ1v) is 5.37. The van der Waals surface area contributed by atoms with Crippen molar-refractivity contribution in [2.24, 2.45) is 0 Å². The predicted molar refractivity (Wildman–Crippen MR) is 66.6 cm³/mol. The summed E-state index contributed by atoms with van der Waals surface area (Å²) in [5, 5.41) is 20.8. The Morgan fingerprint density at radius 3 is 2.88 bits per heavy atom. The lowest BCUT2D eigenvalue weighted by molar-refractivity contribution is 0.170. The van der Waals surface area contributed by atoms with Crippen LogP contribution in [0.15, 0.2) is 18.2 Å². The number of hydrogen-bond acceptors (Lipinski definition) is 5. The van der Waals surface area contributed by atoms with E-state index in [1.165, 1.54) is 0 Å². The molecule has 0 heterocycles. The normalized spacial score (nSPS) is 11.8.